The van der Waals surface area contributed by atoms with Crippen LogP contribution in [0.4, 0.5) is 5.13 Å². The monoisotopic (exact) mass is 481 g/mol. The van der Waals surface area contributed by atoms with Crippen LogP contribution in [-0.4, -0.2) is 52.4 Å². The molecule has 0 bridgehead atoms. The zero-order chi connectivity index (χ0) is 22.2. The third-order valence-electron chi connectivity index (χ3n) is 4.80. The van der Waals surface area contributed by atoms with Gasteiger partial charge in [0.1, 0.15) is 5.75 Å². The molecule has 0 radical (unpaired) electrons. The fraction of sp³-hybridized carbons (Fsp3) is 0.263. The molecule has 1 atom stereocenters. The molecule has 1 aromatic heterocycles. The van der Waals surface area contributed by atoms with Crippen LogP contribution in [-0.2, 0) is 19.9 Å². The number of fused-ring (bicyclic) bond motifs is 1. The van der Waals surface area contributed by atoms with Crippen LogP contribution in [0, 0.1) is 0 Å². The Bertz CT molecular complexity index is 1350. The SMILES string of the molecule is COc1ccc2nc(NC(=O)c3ccc(S(=O)(=O)NC4CCS(=O)(=O)C4)cc3)sc2c1. The molecule has 2 aromatic carbocycles. The van der Waals surface area contributed by atoms with E-state index in [1.807, 2.05) is 6.07 Å². The van der Waals surface area contributed by atoms with Crippen LogP contribution >= 0.6 is 11.3 Å². The molecule has 164 valence electrons. The second kappa shape index (κ2) is 8.19. The largest absolute Gasteiger partial charge is 0.497 e. The van der Waals surface area contributed by atoms with Gasteiger partial charge in [-0.2, -0.15) is 0 Å². The van der Waals surface area contributed by atoms with Crippen LogP contribution < -0.4 is 14.8 Å². The summed E-state index contributed by atoms with van der Waals surface area (Å²) in [6.45, 7) is 0. The number of sulfonamides is 1. The number of nitrogens with zero attached hydrogens (tertiary/aromatic N) is 1. The predicted octanol–water partition coefficient (Wildman–Crippen LogP) is 2.02. The molecule has 0 aliphatic carbocycles. The van der Waals surface area contributed by atoms with E-state index in [1.54, 1.807) is 19.2 Å². The van der Waals surface area contributed by atoms with Crippen molar-refractivity contribution >= 4 is 52.5 Å². The summed E-state index contributed by atoms with van der Waals surface area (Å²) in [6.07, 6.45) is 0.246. The summed E-state index contributed by atoms with van der Waals surface area (Å²) in [5, 5.41) is 3.12. The maximum atomic E-state index is 12.5. The van der Waals surface area contributed by atoms with E-state index in [0.29, 0.717) is 10.9 Å². The van der Waals surface area contributed by atoms with Gasteiger partial charge in [-0.1, -0.05) is 11.3 Å². The Morgan fingerprint density at radius 2 is 1.94 bits per heavy atom. The Morgan fingerprint density at radius 3 is 2.58 bits per heavy atom. The molecule has 9 nitrogen and oxygen atoms in total. The first kappa shape index (κ1) is 21.7. The molecule has 2 N–H and O–H groups in total. The number of rotatable bonds is 6. The van der Waals surface area contributed by atoms with Gasteiger partial charge in [-0.15, -0.1) is 0 Å². The highest BCUT2D eigenvalue weighted by Crippen LogP contribution is 2.29. The van der Waals surface area contributed by atoms with Crippen LogP contribution in [0.25, 0.3) is 10.2 Å². The lowest BCUT2D eigenvalue weighted by Crippen LogP contribution is -2.35. The Hall–Kier alpha value is -2.54. The third kappa shape index (κ3) is 4.87. The molecule has 1 amide bonds. The Kier molecular flexibility index (Phi) is 5.73. The quantitative estimate of drug-likeness (QED) is 0.551. The number of ether oxygens (including phenoxy) is 1. The molecular weight excluding hydrogens is 462 g/mol. The molecule has 1 unspecified atom stereocenters. The van der Waals surface area contributed by atoms with E-state index in [1.165, 1.54) is 35.6 Å². The van der Waals surface area contributed by atoms with Crippen molar-refractivity contribution < 1.29 is 26.4 Å². The first-order chi connectivity index (χ1) is 14.6. The third-order valence-corrected chi connectivity index (χ3v) is 9.04. The van der Waals surface area contributed by atoms with E-state index in [0.717, 1.165) is 10.2 Å². The highest BCUT2D eigenvalue weighted by atomic mass is 32.2. The van der Waals surface area contributed by atoms with Gasteiger partial charge >= 0.3 is 0 Å². The first-order valence-corrected chi connectivity index (χ1v) is 13.4. The van der Waals surface area contributed by atoms with Gasteiger partial charge in [-0.25, -0.2) is 26.5 Å². The number of hydrogen-bond donors (Lipinski definition) is 2. The average molecular weight is 482 g/mol. The minimum absolute atomic E-state index is 0.0299. The van der Waals surface area contributed by atoms with Crippen molar-refractivity contribution in [1.82, 2.24) is 9.71 Å². The fourth-order valence-electron chi connectivity index (χ4n) is 3.22. The summed E-state index contributed by atoms with van der Waals surface area (Å²) in [4.78, 5) is 16.8. The standard InChI is InChI=1S/C19H19N3O6S3/c1-28-14-4-7-16-17(10-14)29-19(20-16)21-18(23)12-2-5-15(6-3-12)31(26,27)22-13-8-9-30(24,25)11-13/h2-7,10,13,22H,8-9,11H2,1H3,(H,20,21,23). The molecule has 0 spiro atoms. The van der Waals surface area contributed by atoms with Crippen molar-refractivity contribution in [2.24, 2.45) is 0 Å². The van der Waals surface area contributed by atoms with Gasteiger partial charge in [0.05, 0.1) is 33.7 Å². The number of methoxy groups -OCH3 is 1. The molecule has 4 rings (SSSR count). The number of amides is 1. The van der Waals surface area contributed by atoms with Gasteiger partial charge in [0, 0.05) is 11.6 Å². The highest BCUT2D eigenvalue weighted by Gasteiger charge is 2.31. The van der Waals surface area contributed by atoms with Gasteiger partial charge in [0.25, 0.3) is 5.91 Å². The lowest BCUT2D eigenvalue weighted by molar-refractivity contribution is 0.102. The summed E-state index contributed by atoms with van der Waals surface area (Å²) in [7, 11) is -5.52. The number of aromatic nitrogens is 1. The normalized spacial score (nSPS) is 18.2. The smallest absolute Gasteiger partial charge is 0.257 e. The number of nitrogens with one attached hydrogen (secondary N) is 2. The van der Waals surface area contributed by atoms with Crippen molar-refractivity contribution in [3.05, 3.63) is 48.0 Å². The number of carbonyl (C=O) groups is 1. The molecule has 31 heavy (non-hydrogen) atoms. The number of anilines is 1. The Balaban J connectivity index is 1.45. The van der Waals surface area contributed by atoms with Crippen LogP contribution in [0.15, 0.2) is 47.4 Å². The second-order valence-corrected chi connectivity index (χ2v) is 12.0. The van der Waals surface area contributed by atoms with Gasteiger partial charge in [-0.05, 0) is 48.9 Å². The van der Waals surface area contributed by atoms with Crippen LogP contribution in [0.5, 0.6) is 5.75 Å². The van der Waals surface area contributed by atoms with E-state index in [4.69, 9.17) is 4.74 Å². The Morgan fingerprint density at radius 1 is 1.19 bits per heavy atom. The van der Waals surface area contributed by atoms with Gasteiger partial charge in [-0.3, -0.25) is 10.1 Å². The molecular formula is C19H19N3O6S3. The summed E-state index contributed by atoms with van der Waals surface area (Å²) in [5.41, 5.74) is 0.988. The van der Waals surface area contributed by atoms with Gasteiger partial charge in [0.15, 0.2) is 15.0 Å². The topological polar surface area (TPSA) is 132 Å². The van der Waals surface area contributed by atoms with E-state index in [9.17, 15) is 21.6 Å². The van der Waals surface area contributed by atoms with Crippen molar-refractivity contribution in [3.63, 3.8) is 0 Å². The predicted molar refractivity (Wildman–Crippen MR) is 118 cm³/mol. The molecule has 2 heterocycles. The molecule has 1 fully saturated rings. The van der Waals surface area contributed by atoms with Crippen LogP contribution in [0.2, 0.25) is 0 Å². The molecule has 1 aliphatic heterocycles. The fourth-order valence-corrected chi connectivity index (χ4v) is 7.15. The Labute approximate surface area is 183 Å². The summed E-state index contributed by atoms with van der Waals surface area (Å²) >= 11 is 1.30. The zero-order valence-electron chi connectivity index (χ0n) is 16.4. The number of carbonyl (C=O) groups excluding carboxylic acids is 1. The number of hydrogen-bond acceptors (Lipinski definition) is 8. The zero-order valence-corrected chi connectivity index (χ0v) is 18.8. The van der Waals surface area contributed by atoms with Crippen molar-refractivity contribution in [2.45, 2.75) is 17.4 Å². The summed E-state index contributed by atoms with van der Waals surface area (Å²) in [6, 6.07) is 10.2. The lowest BCUT2D eigenvalue weighted by atomic mass is 10.2. The van der Waals surface area contributed by atoms with E-state index >= 15 is 0 Å². The van der Waals surface area contributed by atoms with Crippen molar-refractivity contribution in [2.75, 3.05) is 23.9 Å². The van der Waals surface area contributed by atoms with E-state index < -0.39 is 31.8 Å². The molecule has 0 saturated carbocycles. The van der Waals surface area contributed by atoms with E-state index in [-0.39, 0.29) is 28.4 Å². The second-order valence-electron chi connectivity index (χ2n) is 7.05. The average Bonchev–Trinajstić information content (AvgIpc) is 3.28. The maximum absolute atomic E-state index is 12.5. The number of benzene rings is 2. The first-order valence-electron chi connectivity index (χ1n) is 9.24. The van der Waals surface area contributed by atoms with Crippen molar-refractivity contribution in [1.29, 1.82) is 0 Å². The molecule has 12 heteroatoms. The molecule has 1 aliphatic rings. The van der Waals surface area contributed by atoms with Crippen LogP contribution in [0.1, 0.15) is 16.8 Å². The van der Waals surface area contributed by atoms with Gasteiger partial charge < -0.3 is 4.74 Å². The number of sulfone groups is 1. The maximum Gasteiger partial charge on any atom is 0.257 e. The molecule has 1 saturated heterocycles. The minimum Gasteiger partial charge on any atom is -0.497 e. The van der Waals surface area contributed by atoms with Crippen molar-refractivity contribution in [3.8, 4) is 5.75 Å². The lowest BCUT2D eigenvalue weighted by Gasteiger charge is -2.12. The summed E-state index contributed by atoms with van der Waals surface area (Å²) < 4.78 is 56.5. The van der Waals surface area contributed by atoms with E-state index in [2.05, 4.69) is 15.0 Å². The highest BCUT2D eigenvalue weighted by molar-refractivity contribution is 7.92. The van der Waals surface area contributed by atoms with Crippen LogP contribution in [0.3, 0.4) is 0 Å². The minimum atomic E-state index is -3.89. The van der Waals surface area contributed by atoms with Gasteiger partial charge in [0.2, 0.25) is 10.0 Å². The number of thiazole rings is 1. The molecule has 3 aromatic rings. The summed E-state index contributed by atoms with van der Waals surface area (Å²) in [5.74, 6) is 0.0259.